The van der Waals surface area contributed by atoms with Crippen LogP contribution in [0.5, 0.6) is 5.88 Å². The number of hydrogen-bond donors (Lipinski definition) is 1. The first-order valence-corrected chi connectivity index (χ1v) is 16.7. The zero-order valence-corrected chi connectivity index (χ0v) is 24.9. The first kappa shape index (κ1) is 27.3. The molecule has 2 aliphatic rings. The number of aromatic amines is 1. The monoisotopic (exact) mass is 657 g/mol. The van der Waals surface area contributed by atoms with Gasteiger partial charge in [-0.15, -0.1) is 0 Å². The van der Waals surface area contributed by atoms with Crippen molar-refractivity contribution < 1.29 is 17.9 Å². The number of H-pyrrole nitrogens is 1. The van der Waals surface area contributed by atoms with Crippen molar-refractivity contribution in [1.29, 1.82) is 0 Å². The summed E-state index contributed by atoms with van der Waals surface area (Å²) in [5, 5.41) is 4.31. The highest BCUT2D eigenvalue weighted by atomic mass is 127. The summed E-state index contributed by atoms with van der Waals surface area (Å²) < 4.78 is 44.3. The van der Waals surface area contributed by atoms with E-state index in [9.17, 15) is 13.2 Å². The maximum absolute atomic E-state index is 13.6. The summed E-state index contributed by atoms with van der Waals surface area (Å²) in [5.41, 5.74) is 1.37. The minimum absolute atomic E-state index is 0.0247. The first-order valence-electron chi connectivity index (χ1n) is 12.6. The van der Waals surface area contributed by atoms with Gasteiger partial charge in [-0.25, -0.2) is 18.4 Å². The standard InChI is InChI=1S/C24H32IN7O5S/c1-5-18-20-21(29-30(18)4)23(33)28-22(27-20)17-11-16(38(34,35)32-9-7-31(6-2)8-10-32)13-26-24(17)37-15(3)14-36-19-12-25-19/h11,13,15H,5-10,12,14H2,1-4H3,(H,27,28,33)/t15-/m1/s1. The Hall–Kier alpha value is -2.27. The summed E-state index contributed by atoms with van der Waals surface area (Å²) >= 11 is 0.0765. The lowest BCUT2D eigenvalue weighted by Gasteiger charge is -2.33. The van der Waals surface area contributed by atoms with Gasteiger partial charge >= 0.3 is 0 Å². The molecular weight excluding hydrogens is 625 g/mol. The Labute approximate surface area is 231 Å². The van der Waals surface area contributed by atoms with Gasteiger partial charge in [-0.05, 0) is 26.0 Å². The molecule has 0 aliphatic carbocycles. The molecule has 0 amide bonds. The van der Waals surface area contributed by atoms with E-state index in [2.05, 4.69) is 26.9 Å². The van der Waals surface area contributed by atoms with E-state index in [0.717, 1.165) is 20.4 Å². The minimum atomic E-state index is -3.82. The van der Waals surface area contributed by atoms with Crippen molar-refractivity contribution in [1.82, 2.24) is 33.9 Å². The molecule has 206 valence electrons. The summed E-state index contributed by atoms with van der Waals surface area (Å²) in [6, 6.07) is 1.49. The van der Waals surface area contributed by atoms with Crippen LogP contribution in [0.3, 0.4) is 0 Å². The molecule has 5 heterocycles. The first-order chi connectivity index (χ1) is 18.2. The van der Waals surface area contributed by atoms with Crippen molar-refractivity contribution in [2.45, 2.75) is 38.2 Å². The van der Waals surface area contributed by atoms with E-state index < -0.39 is 15.6 Å². The molecule has 0 aromatic carbocycles. The normalized spacial score (nSPS) is 17.7. The second kappa shape index (κ2) is 11.1. The molecule has 1 N–H and O–H groups in total. The van der Waals surface area contributed by atoms with Crippen LogP contribution in [0.15, 0.2) is 22.0 Å². The van der Waals surface area contributed by atoms with Crippen LogP contribution in [0.4, 0.5) is 0 Å². The van der Waals surface area contributed by atoms with Gasteiger partial charge < -0.3 is 19.4 Å². The van der Waals surface area contributed by atoms with Crippen LogP contribution in [-0.4, -0.2) is 95.9 Å². The topological polar surface area (TPSA) is 136 Å². The van der Waals surface area contributed by atoms with Crippen molar-refractivity contribution in [2.75, 3.05) is 43.8 Å². The van der Waals surface area contributed by atoms with Crippen molar-refractivity contribution in [3.05, 3.63) is 28.3 Å². The maximum Gasteiger partial charge on any atom is 0.279 e. The molecule has 1 atom stereocenters. The van der Waals surface area contributed by atoms with Gasteiger partial charge in [0, 0.05) is 37.7 Å². The molecule has 38 heavy (non-hydrogen) atoms. The van der Waals surface area contributed by atoms with Gasteiger partial charge in [0.25, 0.3) is 5.56 Å². The molecule has 0 bridgehead atoms. The number of piperazine rings is 1. The predicted octanol–water partition coefficient (Wildman–Crippen LogP) is 1.51. The highest BCUT2D eigenvalue weighted by molar-refractivity contribution is 14.2. The fourth-order valence-electron chi connectivity index (χ4n) is 4.46. The Morgan fingerprint density at radius 2 is 1.92 bits per heavy atom. The highest BCUT2D eigenvalue weighted by Gasteiger charge is 2.30. The second-order valence-electron chi connectivity index (χ2n) is 9.26. The number of hydrogen-bond acceptors (Lipinski definition) is 9. The van der Waals surface area contributed by atoms with E-state index in [-0.39, 0.29) is 49.0 Å². The fraction of sp³-hybridized carbons (Fsp3) is 0.542. The molecule has 0 saturated carbocycles. The summed E-state index contributed by atoms with van der Waals surface area (Å²) in [6.45, 7) is 9.26. The van der Waals surface area contributed by atoms with Gasteiger partial charge in [-0.2, -0.15) is 9.40 Å². The van der Waals surface area contributed by atoms with Crippen LogP contribution in [0, 0.1) is 0 Å². The molecular formula is C24H32IN7O5S. The van der Waals surface area contributed by atoms with Crippen molar-refractivity contribution >= 4 is 45.5 Å². The molecule has 1 saturated heterocycles. The smallest absolute Gasteiger partial charge is 0.279 e. The summed E-state index contributed by atoms with van der Waals surface area (Å²) in [6.07, 6.45) is 1.59. The van der Waals surface area contributed by atoms with E-state index >= 15 is 0 Å². The highest BCUT2D eigenvalue weighted by Crippen LogP contribution is 2.31. The average molecular weight is 658 g/mol. The number of aromatic nitrogens is 5. The molecule has 3 aromatic heterocycles. The molecule has 12 nitrogen and oxygen atoms in total. The Balaban J connectivity index is 1.56. The van der Waals surface area contributed by atoms with Gasteiger partial charge in [0.1, 0.15) is 22.3 Å². The Kier molecular flexibility index (Phi) is 7.96. The predicted molar refractivity (Wildman–Crippen MR) is 153 cm³/mol. The zero-order valence-electron chi connectivity index (χ0n) is 21.9. The molecule has 0 radical (unpaired) electrons. The number of likely N-dealkylation sites (N-methyl/N-ethyl adjacent to an activating group) is 1. The van der Waals surface area contributed by atoms with Crippen molar-refractivity contribution in [2.24, 2.45) is 7.05 Å². The molecule has 0 spiro atoms. The Bertz CT molecular complexity index is 1540. The fourth-order valence-corrected chi connectivity index (χ4v) is 6.63. The van der Waals surface area contributed by atoms with Gasteiger partial charge in [0.2, 0.25) is 15.9 Å². The third-order valence-electron chi connectivity index (χ3n) is 6.67. The number of pyridine rings is 1. The number of sulfonamides is 1. The zero-order chi connectivity index (χ0) is 27.0. The van der Waals surface area contributed by atoms with Crippen molar-refractivity contribution in [3.8, 4) is 17.3 Å². The SMILES string of the molecule is CCc1c2nc(-c3cc(S(=O)(=O)N4CCN(CC)CC4)cnc3O[C@H](C)COC3=IC3)[nH]c(=O)c2nn1C. The Morgan fingerprint density at radius 1 is 1.18 bits per heavy atom. The Morgan fingerprint density at radius 3 is 2.58 bits per heavy atom. The number of nitrogens with zero attached hydrogens (tertiary/aromatic N) is 6. The summed E-state index contributed by atoms with van der Waals surface area (Å²) in [4.78, 5) is 27.1. The van der Waals surface area contributed by atoms with Crippen LogP contribution < -0.4 is 10.3 Å². The van der Waals surface area contributed by atoms with Gasteiger partial charge in [0.05, 0.1) is 27.8 Å². The maximum atomic E-state index is 13.6. The molecule has 5 rings (SSSR count). The molecule has 3 aromatic rings. The third kappa shape index (κ3) is 5.54. The summed E-state index contributed by atoms with van der Waals surface area (Å²) in [7, 11) is -2.05. The van der Waals surface area contributed by atoms with Crippen LogP contribution in [0.1, 0.15) is 26.5 Å². The van der Waals surface area contributed by atoms with Crippen LogP contribution in [0.25, 0.3) is 22.4 Å². The third-order valence-corrected chi connectivity index (χ3v) is 10.2. The quantitative estimate of drug-likeness (QED) is 0.254. The number of aryl methyl sites for hydroxylation is 2. The number of rotatable bonds is 10. The van der Waals surface area contributed by atoms with E-state index in [0.29, 0.717) is 50.3 Å². The van der Waals surface area contributed by atoms with Crippen LogP contribution in [0.2, 0.25) is 0 Å². The lowest BCUT2D eigenvalue weighted by Crippen LogP contribution is -2.48. The van der Waals surface area contributed by atoms with Gasteiger partial charge in [-0.1, -0.05) is 34.6 Å². The number of halogens is 1. The average Bonchev–Trinajstić information content (AvgIpc) is 3.68. The number of ether oxygens (including phenoxy) is 2. The van der Waals surface area contributed by atoms with E-state index in [1.165, 1.54) is 16.6 Å². The minimum Gasteiger partial charge on any atom is -0.472 e. The summed E-state index contributed by atoms with van der Waals surface area (Å²) in [5.74, 6) is 0.354. The number of nitrogens with one attached hydrogen (secondary N) is 1. The van der Waals surface area contributed by atoms with E-state index in [1.54, 1.807) is 11.7 Å². The lowest BCUT2D eigenvalue weighted by atomic mass is 10.2. The van der Waals surface area contributed by atoms with Crippen molar-refractivity contribution in [3.63, 3.8) is 0 Å². The largest absolute Gasteiger partial charge is 0.472 e. The molecule has 14 heteroatoms. The van der Waals surface area contributed by atoms with Gasteiger partial charge in [0.15, 0.2) is 5.52 Å². The van der Waals surface area contributed by atoms with E-state index in [1.807, 2.05) is 13.8 Å². The molecule has 1 fully saturated rings. The molecule has 0 unspecified atom stereocenters. The lowest BCUT2D eigenvalue weighted by molar-refractivity contribution is 0.135. The second-order valence-corrected chi connectivity index (χ2v) is 13.9. The molecule has 2 aliphatic heterocycles. The number of fused-ring (bicyclic) bond motifs is 1. The van der Waals surface area contributed by atoms with Crippen LogP contribution in [-0.2, 0) is 28.2 Å². The number of alkyl halides is 1. The van der Waals surface area contributed by atoms with Crippen LogP contribution >= 0.6 is 20.7 Å². The van der Waals surface area contributed by atoms with E-state index in [4.69, 9.17) is 14.5 Å². The van der Waals surface area contributed by atoms with Gasteiger partial charge in [-0.3, -0.25) is 9.48 Å².